The summed E-state index contributed by atoms with van der Waals surface area (Å²) in [4.78, 5) is 19.6. The van der Waals surface area contributed by atoms with Crippen molar-refractivity contribution >= 4 is 5.91 Å². The van der Waals surface area contributed by atoms with Crippen LogP contribution in [0.4, 0.5) is 0 Å². The Balaban J connectivity index is 1.85. The Kier molecular flexibility index (Phi) is 7.71. The van der Waals surface area contributed by atoms with Crippen LogP contribution in [-0.2, 0) is 9.53 Å². The minimum atomic E-state index is 0.267. The number of hydrogen-bond acceptors (Lipinski definition) is 4. The molecule has 0 N–H and O–H groups in total. The second-order valence-corrected chi connectivity index (χ2v) is 8.73. The topological polar surface area (TPSA) is 36.0 Å². The normalized spacial score (nSPS) is 30.0. The summed E-state index contributed by atoms with van der Waals surface area (Å²) in [7, 11) is 1.96. The fourth-order valence-electron chi connectivity index (χ4n) is 4.41. The molecule has 0 radical (unpaired) electrons. The predicted molar refractivity (Wildman–Crippen MR) is 103 cm³/mol. The van der Waals surface area contributed by atoms with E-state index in [1.54, 1.807) is 0 Å². The molecule has 2 aliphatic rings. The number of ether oxygens (including phenoxy) is 1. The monoisotopic (exact) mass is 353 g/mol. The Morgan fingerprint density at radius 2 is 1.84 bits per heavy atom. The summed E-state index contributed by atoms with van der Waals surface area (Å²) in [6, 6.07) is 0.824. The third-order valence-corrected chi connectivity index (χ3v) is 5.67. The number of nitrogens with zero attached hydrogens (tertiary/aromatic N) is 3. The van der Waals surface area contributed by atoms with E-state index < -0.39 is 0 Å². The molecule has 2 saturated heterocycles. The van der Waals surface area contributed by atoms with Crippen LogP contribution in [0.25, 0.3) is 0 Å². The highest BCUT2D eigenvalue weighted by Gasteiger charge is 2.31. The molecule has 5 heteroatoms. The van der Waals surface area contributed by atoms with E-state index in [2.05, 4.69) is 44.4 Å². The maximum absolute atomic E-state index is 12.7. The number of carbonyl (C=O) groups excluding carboxylic acids is 1. The van der Waals surface area contributed by atoms with E-state index in [1.807, 2.05) is 11.9 Å². The number of hydrogen-bond donors (Lipinski definition) is 0. The van der Waals surface area contributed by atoms with Crippen LogP contribution < -0.4 is 0 Å². The van der Waals surface area contributed by atoms with E-state index in [0.29, 0.717) is 36.8 Å². The summed E-state index contributed by atoms with van der Waals surface area (Å²) in [6.07, 6.45) is 4.10. The molecule has 2 aliphatic heterocycles. The number of morpholine rings is 1. The van der Waals surface area contributed by atoms with Crippen LogP contribution in [-0.4, -0.2) is 84.7 Å². The minimum Gasteiger partial charge on any atom is -0.373 e. The third-order valence-electron chi connectivity index (χ3n) is 5.67. The van der Waals surface area contributed by atoms with Gasteiger partial charge >= 0.3 is 0 Å². The fourth-order valence-corrected chi connectivity index (χ4v) is 4.41. The van der Waals surface area contributed by atoms with Crippen molar-refractivity contribution in [3.63, 3.8) is 0 Å². The molecule has 2 fully saturated rings. The quantitative estimate of drug-likeness (QED) is 0.704. The molecule has 2 rings (SSSR count). The van der Waals surface area contributed by atoms with E-state index >= 15 is 0 Å². The molecule has 2 heterocycles. The van der Waals surface area contributed by atoms with Gasteiger partial charge in [0, 0.05) is 38.8 Å². The third kappa shape index (κ3) is 6.22. The van der Waals surface area contributed by atoms with E-state index in [-0.39, 0.29) is 5.91 Å². The molecule has 0 aromatic rings. The first-order valence-corrected chi connectivity index (χ1v) is 10.1. The van der Waals surface area contributed by atoms with Gasteiger partial charge in [-0.2, -0.15) is 0 Å². The first kappa shape index (κ1) is 20.7. The van der Waals surface area contributed by atoms with Gasteiger partial charge in [-0.05, 0) is 52.5 Å². The molecule has 0 saturated carbocycles. The van der Waals surface area contributed by atoms with Crippen LogP contribution in [0.1, 0.15) is 53.9 Å². The van der Waals surface area contributed by atoms with Crippen LogP contribution in [0, 0.1) is 5.92 Å². The van der Waals surface area contributed by atoms with E-state index in [0.717, 1.165) is 32.6 Å². The van der Waals surface area contributed by atoms with Crippen LogP contribution in [0.5, 0.6) is 0 Å². The van der Waals surface area contributed by atoms with Gasteiger partial charge in [0.1, 0.15) is 0 Å². The smallest absolute Gasteiger partial charge is 0.236 e. The number of likely N-dealkylation sites (N-methyl/N-ethyl adjacent to an activating group) is 1. The van der Waals surface area contributed by atoms with Crippen molar-refractivity contribution in [1.82, 2.24) is 14.7 Å². The van der Waals surface area contributed by atoms with Gasteiger partial charge in [-0.25, -0.2) is 0 Å². The number of carbonyl (C=O) groups is 1. The average Bonchev–Trinajstić information content (AvgIpc) is 2.91. The molecule has 0 aromatic heterocycles. The standard InChI is InChI=1S/C20H39N3O2/c1-15(2)10-16(3)21(6)20(24)14-23-9-7-8-19(23)13-22-11-17(4)25-18(5)12-22/h15-19H,7-14H2,1-6H3. The molecule has 0 aliphatic carbocycles. The summed E-state index contributed by atoms with van der Waals surface area (Å²) in [6.45, 7) is 15.6. The number of amides is 1. The number of rotatable bonds is 7. The molecule has 5 nitrogen and oxygen atoms in total. The van der Waals surface area contributed by atoms with Crippen molar-refractivity contribution in [2.45, 2.75) is 78.2 Å². The fraction of sp³-hybridized carbons (Fsp3) is 0.950. The zero-order chi connectivity index (χ0) is 18.6. The molecule has 1 amide bonds. The Labute approximate surface area is 154 Å². The largest absolute Gasteiger partial charge is 0.373 e. The lowest BCUT2D eigenvalue weighted by Crippen LogP contribution is -2.51. The summed E-state index contributed by atoms with van der Waals surface area (Å²) in [5, 5.41) is 0. The summed E-state index contributed by atoms with van der Waals surface area (Å²) in [5.74, 6) is 0.888. The average molecular weight is 354 g/mol. The Morgan fingerprint density at radius 1 is 1.20 bits per heavy atom. The van der Waals surface area contributed by atoms with Gasteiger partial charge < -0.3 is 9.64 Å². The van der Waals surface area contributed by atoms with Gasteiger partial charge in [-0.1, -0.05) is 13.8 Å². The van der Waals surface area contributed by atoms with Crippen molar-refractivity contribution in [2.75, 3.05) is 39.8 Å². The van der Waals surface area contributed by atoms with Gasteiger partial charge in [-0.15, -0.1) is 0 Å². The maximum Gasteiger partial charge on any atom is 0.236 e. The van der Waals surface area contributed by atoms with Gasteiger partial charge in [-0.3, -0.25) is 14.6 Å². The summed E-state index contributed by atoms with van der Waals surface area (Å²) in [5.41, 5.74) is 0. The molecule has 0 spiro atoms. The molecule has 0 aromatic carbocycles. The lowest BCUT2D eigenvalue weighted by atomic mass is 10.0. The van der Waals surface area contributed by atoms with Gasteiger partial charge in [0.2, 0.25) is 5.91 Å². The van der Waals surface area contributed by atoms with Crippen LogP contribution in [0.2, 0.25) is 0 Å². The molecule has 25 heavy (non-hydrogen) atoms. The van der Waals surface area contributed by atoms with E-state index in [4.69, 9.17) is 4.74 Å². The minimum absolute atomic E-state index is 0.267. The predicted octanol–water partition coefficient (Wildman–Crippen LogP) is 2.45. The van der Waals surface area contributed by atoms with Crippen molar-refractivity contribution in [1.29, 1.82) is 0 Å². The second kappa shape index (κ2) is 9.33. The first-order valence-electron chi connectivity index (χ1n) is 10.1. The Hall–Kier alpha value is -0.650. The highest BCUT2D eigenvalue weighted by Crippen LogP contribution is 2.21. The van der Waals surface area contributed by atoms with E-state index in [1.165, 1.54) is 12.8 Å². The molecule has 4 atom stereocenters. The highest BCUT2D eigenvalue weighted by molar-refractivity contribution is 5.78. The van der Waals surface area contributed by atoms with Crippen molar-refractivity contribution in [3.8, 4) is 0 Å². The summed E-state index contributed by atoms with van der Waals surface area (Å²) >= 11 is 0. The zero-order valence-corrected chi connectivity index (χ0v) is 17.2. The van der Waals surface area contributed by atoms with E-state index in [9.17, 15) is 4.79 Å². The Bertz CT molecular complexity index is 419. The van der Waals surface area contributed by atoms with Crippen LogP contribution in [0.15, 0.2) is 0 Å². The SMILES string of the molecule is CC(C)CC(C)N(C)C(=O)CN1CCCC1CN1CC(C)OC(C)C1. The molecule has 0 bridgehead atoms. The van der Waals surface area contributed by atoms with Crippen molar-refractivity contribution in [3.05, 3.63) is 0 Å². The van der Waals surface area contributed by atoms with Crippen LogP contribution >= 0.6 is 0 Å². The lowest BCUT2D eigenvalue weighted by Gasteiger charge is -2.38. The van der Waals surface area contributed by atoms with Gasteiger partial charge in [0.15, 0.2) is 0 Å². The zero-order valence-electron chi connectivity index (χ0n) is 17.2. The first-order chi connectivity index (χ1) is 11.8. The molecular weight excluding hydrogens is 314 g/mol. The van der Waals surface area contributed by atoms with Crippen molar-refractivity contribution in [2.24, 2.45) is 5.92 Å². The van der Waals surface area contributed by atoms with Gasteiger partial charge in [0.05, 0.1) is 18.8 Å². The highest BCUT2D eigenvalue weighted by atomic mass is 16.5. The summed E-state index contributed by atoms with van der Waals surface area (Å²) < 4.78 is 5.85. The second-order valence-electron chi connectivity index (χ2n) is 8.73. The maximum atomic E-state index is 12.7. The van der Waals surface area contributed by atoms with Gasteiger partial charge in [0.25, 0.3) is 0 Å². The molecule has 4 unspecified atom stereocenters. The molecular formula is C20H39N3O2. The molecule has 146 valence electrons. The Morgan fingerprint density at radius 3 is 2.44 bits per heavy atom. The van der Waals surface area contributed by atoms with Crippen LogP contribution in [0.3, 0.4) is 0 Å². The lowest BCUT2D eigenvalue weighted by molar-refractivity contribution is -0.133. The number of likely N-dealkylation sites (tertiary alicyclic amines) is 1. The van der Waals surface area contributed by atoms with Crippen molar-refractivity contribution < 1.29 is 9.53 Å².